The second kappa shape index (κ2) is 6.19. The van der Waals surface area contributed by atoms with Crippen LogP contribution in [0.15, 0.2) is 11.6 Å². The van der Waals surface area contributed by atoms with Crippen molar-refractivity contribution in [1.29, 1.82) is 0 Å². The van der Waals surface area contributed by atoms with Crippen molar-refractivity contribution in [2.24, 2.45) is 5.92 Å². The fraction of sp³-hybridized carbons (Fsp3) is 0.824. The minimum atomic E-state index is 0.130. The molecule has 0 bridgehead atoms. The average Bonchev–Trinajstić information content (AvgIpc) is 3.13. The largest absolute Gasteiger partial charge is 0.373 e. The topological polar surface area (TPSA) is 28.6 Å². The summed E-state index contributed by atoms with van der Waals surface area (Å²) in [4.78, 5) is 9.55. The lowest BCUT2D eigenvalue weighted by Gasteiger charge is -2.39. The van der Waals surface area contributed by atoms with Crippen LogP contribution in [0.3, 0.4) is 0 Å². The van der Waals surface area contributed by atoms with E-state index in [0.29, 0.717) is 0 Å². The summed E-state index contributed by atoms with van der Waals surface area (Å²) < 4.78 is 6.36. The Morgan fingerprint density at radius 3 is 3.18 bits per heavy atom. The molecule has 0 N–H and O–H groups in total. The quantitative estimate of drug-likeness (QED) is 0.833. The maximum Gasteiger partial charge on any atom is 0.107 e. The number of rotatable bonds is 5. The normalized spacial score (nSPS) is 33.1. The second-order valence-electron chi connectivity index (χ2n) is 7.47. The summed E-state index contributed by atoms with van der Waals surface area (Å²) in [5.41, 5.74) is 0.130. The fourth-order valence-corrected chi connectivity index (χ4v) is 4.92. The molecule has 22 heavy (non-hydrogen) atoms. The Morgan fingerprint density at radius 1 is 1.50 bits per heavy atom. The van der Waals surface area contributed by atoms with E-state index < -0.39 is 0 Å². The van der Waals surface area contributed by atoms with Gasteiger partial charge in [-0.1, -0.05) is 0 Å². The third-order valence-electron chi connectivity index (χ3n) is 5.46. The van der Waals surface area contributed by atoms with E-state index in [2.05, 4.69) is 27.2 Å². The highest BCUT2D eigenvalue weighted by Crippen LogP contribution is 2.39. The molecule has 0 radical (unpaired) electrons. The van der Waals surface area contributed by atoms with Gasteiger partial charge in [0.25, 0.3) is 0 Å². The highest BCUT2D eigenvalue weighted by atomic mass is 32.1. The van der Waals surface area contributed by atoms with Gasteiger partial charge < -0.3 is 9.64 Å². The third-order valence-corrected chi connectivity index (χ3v) is 6.23. The Hall–Kier alpha value is -0.490. The Bertz CT molecular complexity index is 490. The number of aromatic nitrogens is 1. The molecule has 4 rings (SSSR count). The first-order valence-electron chi connectivity index (χ1n) is 8.67. The molecule has 1 saturated carbocycles. The van der Waals surface area contributed by atoms with Crippen molar-refractivity contribution in [2.45, 2.75) is 50.3 Å². The van der Waals surface area contributed by atoms with Crippen LogP contribution in [-0.4, -0.2) is 59.7 Å². The molecule has 3 aliphatic rings. The van der Waals surface area contributed by atoms with Crippen LogP contribution < -0.4 is 0 Å². The standard InChI is InChI=1S/C17H27N3OS/c1-19(15-3-4-15)10-14-9-17(21-12-14)5-2-7-20(13-17)11-16-18-6-8-22-16/h6,8,14-15H,2-5,7,9-13H2,1H3. The summed E-state index contributed by atoms with van der Waals surface area (Å²) >= 11 is 1.77. The van der Waals surface area contributed by atoms with E-state index >= 15 is 0 Å². The number of piperidine rings is 1. The predicted octanol–water partition coefficient (Wildman–Crippen LogP) is 2.61. The van der Waals surface area contributed by atoms with Gasteiger partial charge in [0.15, 0.2) is 0 Å². The molecule has 2 aliphatic heterocycles. The maximum atomic E-state index is 6.36. The van der Waals surface area contributed by atoms with Gasteiger partial charge in [-0.3, -0.25) is 4.90 Å². The van der Waals surface area contributed by atoms with Crippen LogP contribution in [0.4, 0.5) is 0 Å². The van der Waals surface area contributed by atoms with Gasteiger partial charge in [-0.25, -0.2) is 4.98 Å². The Kier molecular flexibility index (Phi) is 4.24. The smallest absolute Gasteiger partial charge is 0.107 e. The molecule has 3 fully saturated rings. The summed E-state index contributed by atoms with van der Waals surface area (Å²) in [6, 6.07) is 0.865. The third kappa shape index (κ3) is 3.37. The molecule has 1 aromatic rings. The van der Waals surface area contributed by atoms with Gasteiger partial charge in [0.1, 0.15) is 5.01 Å². The summed E-state index contributed by atoms with van der Waals surface area (Å²) in [5.74, 6) is 0.727. The van der Waals surface area contributed by atoms with Crippen LogP contribution in [-0.2, 0) is 11.3 Å². The summed E-state index contributed by atoms with van der Waals surface area (Å²) in [7, 11) is 2.29. The number of hydrogen-bond donors (Lipinski definition) is 0. The van der Waals surface area contributed by atoms with E-state index in [9.17, 15) is 0 Å². The molecule has 122 valence electrons. The van der Waals surface area contributed by atoms with E-state index in [4.69, 9.17) is 4.74 Å². The monoisotopic (exact) mass is 321 g/mol. The molecular weight excluding hydrogens is 294 g/mol. The van der Waals surface area contributed by atoms with Crippen molar-refractivity contribution in [3.05, 3.63) is 16.6 Å². The minimum Gasteiger partial charge on any atom is -0.373 e. The predicted molar refractivity (Wildman–Crippen MR) is 89.1 cm³/mol. The summed E-state index contributed by atoms with van der Waals surface area (Å²) in [5, 5.41) is 3.31. The fourth-order valence-electron chi connectivity index (χ4n) is 4.26. The molecule has 0 amide bonds. The molecule has 1 aromatic heterocycles. The minimum absolute atomic E-state index is 0.130. The van der Waals surface area contributed by atoms with Crippen LogP contribution in [0.5, 0.6) is 0 Å². The lowest BCUT2D eigenvalue weighted by Crippen LogP contribution is -2.47. The number of thiazole rings is 1. The van der Waals surface area contributed by atoms with Gasteiger partial charge in [-0.15, -0.1) is 11.3 Å². The van der Waals surface area contributed by atoms with Gasteiger partial charge in [-0.05, 0) is 51.6 Å². The van der Waals surface area contributed by atoms with Crippen LogP contribution in [0.1, 0.15) is 37.1 Å². The zero-order valence-corrected chi connectivity index (χ0v) is 14.4. The van der Waals surface area contributed by atoms with Gasteiger partial charge in [-0.2, -0.15) is 0 Å². The lowest BCUT2D eigenvalue weighted by atomic mass is 9.86. The van der Waals surface area contributed by atoms with Gasteiger partial charge in [0.05, 0.1) is 18.8 Å². The highest BCUT2D eigenvalue weighted by Gasteiger charge is 2.44. The van der Waals surface area contributed by atoms with Crippen molar-refractivity contribution in [2.75, 3.05) is 33.3 Å². The second-order valence-corrected chi connectivity index (χ2v) is 8.45. The maximum absolute atomic E-state index is 6.36. The molecular formula is C17H27N3OS. The molecule has 1 spiro atoms. The van der Waals surface area contributed by atoms with Crippen LogP contribution >= 0.6 is 11.3 Å². The van der Waals surface area contributed by atoms with Gasteiger partial charge in [0, 0.05) is 30.7 Å². The molecule has 0 aromatic carbocycles. The summed E-state index contributed by atoms with van der Waals surface area (Å²) in [6.45, 7) is 5.46. The number of likely N-dealkylation sites (tertiary alicyclic amines) is 1. The highest BCUT2D eigenvalue weighted by molar-refractivity contribution is 7.09. The van der Waals surface area contributed by atoms with Gasteiger partial charge in [0.2, 0.25) is 0 Å². The van der Waals surface area contributed by atoms with E-state index in [-0.39, 0.29) is 5.60 Å². The van der Waals surface area contributed by atoms with Crippen molar-refractivity contribution in [3.63, 3.8) is 0 Å². The Balaban J connectivity index is 1.33. The molecule has 2 unspecified atom stereocenters. The van der Waals surface area contributed by atoms with Gasteiger partial charge >= 0.3 is 0 Å². The van der Waals surface area contributed by atoms with Crippen LogP contribution in [0, 0.1) is 5.92 Å². The number of ether oxygens (including phenoxy) is 1. The van der Waals surface area contributed by atoms with Crippen molar-refractivity contribution < 1.29 is 4.74 Å². The molecule has 1 aliphatic carbocycles. The van der Waals surface area contributed by atoms with Crippen molar-refractivity contribution in [3.8, 4) is 0 Å². The molecule has 2 atom stereocenters. The van der Waals surface area contributed by atoms with Crippen LogP contribution in [0.25, 0.3) is 0 Å². The van der Waals surface area contributed by atoms with Crippen molar-refractivity contribution >= 4 is 11.3 Å². The molecule has 5 heteroatoms. The first-order valence-corrected chi connectivity index (χ1v) is 9.55. The van der Waals surface area contributed by atoms with E-state index in [1.807, 2.05) is 6.20 Å². The van der Waals surface area contributed by atoms with E-state index in [1.165, 1.54) is 50.2 Å². The molecule has 3 heterocycles. The first kappa shape index (κ1) is 15.1. The Labute approximate surface area is 137 Å². The lowest BCUT2D eigenvalue weighted by molar-refractivity contribution is -0.0535. The first-order chi connectivity index (χ1) is 10.7. The zero-order chi connectivity index (χ0) is 15.0. The number of nitrogens with zero attached hydrogens (tertiary/aromatic N) is 3. The SMILES string of the molecule is CN(CC1COC2(CCCN(Cc3nccs3)C2)C1)C1CC1. The van der Waals surface area contributed by atoms with E-state index in [0.717, 1.165) is 31.7 Å². The number of hydrogen-bond acceptors (Lipinski definition) is 5. The summed E-state index contributed by atoms with van der Waals surface area (Å²) in [6.07, 6.45) is 8.46. The zero-order valence-electron chi connectivity index (χ0n) is 13.5. The van der Waals surface area contributed by atoms with E-state index in [1.54, 1.807) is 11.3 Å². The van der Waals surface area contributed by atoms with Crippen molar-refractivity contribution in [1.82, 2.24) is 14.8 Å². The van der Waals surface area contributed by atoms with Crippen LogP contribution in [0.2, 0.25) is 0 Å². The Morgan fingerprint density at radius 2 is 2.41 bits per heavy atom. The molecule has 2 saturated heterocycles. The molecule has 4 nitrogen and oxygen atoms in total. The average molecular weight is 321 g/mol.